The van der Waals surface area contributed by atoms with Gasteiger partial charge < -0.3 is 15.0 Å². The van der Waals surface area contributed by atoms with Crippen LogP contribution in [-0.4, -0.2) is 47.8 Å². The number of ether oxygens (including phenoxy) is 1. The number of amides is 1. The van der Waals surface area contributed by atoms with Crippen molar-refractivity contribution in [3.8, 4) is 5.88 Å². The molecule has 3 rings (SSSR count). The van der Waals surface area contributed by atoms with E-state index in [-0.39, 0.29) is 11.8 Å². The number of aromatic nitrogens is 3. The van der Waals surface area contributed by atoms with Crippen molar-refractivity contribution in [2.24, 2.45) is 5.92 Å². The van der Waals surface area contributed by atoms with Crippen LogP contribution in [0.2, 0.25) is 0 Å². The molecular formula is C16H21N5O2S. The topological polar surface area (TPSA) is 80.2 Å². The molecule has 1 aliphatic rings. The van der Waals surface area contributed by atoms with Crippen molar-refractivity contribution in [1.29, 1.82) is 0 Å². The van der Waals surface area contributed by atoms with Crippen LogP contribution in [0.3, 0.4) is 0 Å². The molecule has 128 valence electrons. The molecular weight excluding hydrogens is 326 g/mol. The zero-order valence-corrected chi connectivity index (χ0v) is 14.5. The van der Waals surface area contributed by atoms with Crippen LogP contribution in [0.15, 0.2) is 23.7 Å². The summed E-state index contributed by atoms with van der Waals surface area (Å²) >= 11 is 1.61. The van der Waals surface area contributed by atoms with E-state index in [1.165, 1.54) is 0 Å². The minimum absolute atomic E-state index is 0.0149. The average molecular weight is 347 g/mol. The van der Waals surface area contributed by atoms with E-state index in [1.807, 2.05) is 11.4 Å². The largest absolute Gasteiger partial charge is 0.480 e. The summed E-state index contributed by atoms with van der Waals surface area (Å²) in [7, 11) is 1.57. The molecule has 2 aromatic rings. The van der Waals surface area contributed by atoms with Crippen molar-refractivity contribution in [2.75, 3.05) is 31.6 Å². The molecule has 1 aliphatic heterocycles. The first kappa shape index (κ1) is 16.6. The van der Waals surface area contributed by atoms with E-state index in [0.717, 1.165) is 36.6 Å². The van der Waals surface area contributed by atoms with Gasteiger partial charge in [-0.2, -0.15) is 0 Å². The molecule has 1 N–H and O–H groups in total. The van der Waals surface area contributed by atoms with Gasteiger partial charge in [-0.15, -0.1) is 21.5 Å². The van der Waals surface area contributed by atoms with Crippen molar-refractivity contribution in [2.45, 2.75) is 19.3 Å². The van der Waals surface area contributed by atoms with Crippen molar-refractivity contribution in [3.63, 3.8) is 0 Å². The molecule has 1 fully saturated rings. The number of anilines is 1. The fraction of sp³-hybridized carbons (Fsp3) is 0.500. The summed E-state index contributed by atoms with van der Waals surface area (Å²) in [5.41, 5.74) is 0. The lowest BCUT2D eigenvalue weighted by Gasteiger charge is -2.32. The molecule has 1 atom stereocenters. The van der Waals surface area contributed by atoms with Gasteiger partial charge in [-0.3, -0.25) is 4.79 Å². The molecule has 0 aliphatic carbocycles. The number of methoxy groups -OCH3 is 1. The van der Waals surface area contributed by atoms with E-state index in [9.17, 15) is 4.79 Å². The van der Waals surface area contributed by atoms with Gasteiger partial charge >= 0.3 is 0 Å². The Morgan fingerprint density at radius 2 is 2.38 bits per heavy atom. The summed E-state index contributed by atoms with van der Waals surface area (Å²) in [5, 5.41) is 14.2. The molecule has 7 nitrogen and oxygen atoms in total. The molecule has 0 unspecified atom stereocenters. The SMILES string of the molecule is COc1ccc(N2CCC[C@H](C(=O)NCCc3nccs3)C2)nn1. The van der Waals surface area contributed by atoms with E-state index < -0.39 is 0 Å². The third-order valence-electron chi connectivity index (χ3n) is 4.07. The molecule has 1 saturated heterocycles. The maximum Gasteiger partial charge on any atom is 0.233 e. The highest BCUT2D eigenvalue weighted by atomic mass is 32.1. The van der Waals surface area contributed by atoms with Crippen molar-refractivity contribution >= 4 is 23.1 Å². The predicted molar refractivity (Wildman–Crippen MR) is 92.3 cm³/mol. The maximum absolute atomic E-state index is 12.4. The second-order valence-corrected chi connectivity index (χ2v) is 6.67. The van der Waals surface area contributed by atoms with Gasteiger partial charge in [0.15, 0.2) is 5.82 Å². The normalized spacial score (nSPS) is 17.5. The fourth-order valence-electron chi connectivity index (χ4n) is 2.80. The third kappa shape index (κ3) is 4.19. The van der Waals surface area contributed by atoms with E-state index in [2.05, 4.69) is 25.4 Å². The lowest BCUT2D eigenvalue weighted by Crippen LogP contribution is -2.43. The molecule has 0 aromatic carbocycles. The van der Waals surface area contributed by atoms with Gasteiger partial charge in [0.1, 0.15) is 0 Å². The molecule has 3 heterocycles. The first-order valence-corrected chi connectivity index (χ1v) is 8.93. The molecule has 0 radical (unpaired) electrons. The number of carbonyl (C=O) groups is 1. The number of rotatable bonds is 6. The van der Waals surface area contributed by atoms with Crippen LogP contribution in [-0.2, 0) is 11.2 Å². The van der Waals surface area contributed by atoms with E-state index >= 15 is 0 Å². The number of carbonyl (C=O) groups excluding carboxylic acids is 1. The summed E-state index contributed by atoms with van der Waals surface area (Å²) < 4.78 is 5.03. The van der Waals surface area contributed by atoms with E-state index in [4.69, 9.17) is 4.74 Å². The molecule has 0 spiro atoms. The first-order valence-electron chi connectivity index (χ1n) is 8.05. The van der Waals surface area contributed by atoms with Gasteiger partial charge in [-0.1, -0.05) is 0 Å². The van der Waals surface area contributed by atoms with E-state index in [0.29, 0.717) is 19.0 Å². The Kier molecular flexibility index (Phi) is 5.58. The fourth-order valence-corrected chi connectivity index (χ4v) is 3.42. The number of nitrogens with zero attached hydrogens (tertiary/aromatic N) is 4. The Morgan fingerprint density at radius 1 is 1.46 bits per heavy atom. The number of hydrogen-bond acceptors (Lipinski definition) is 7. The summed E-state index contributed by atoms with van der Waals surface area (Å²) in [4.78, 5) is 18.7. The predicted octanol–water partition coefficient (Wildman–Crippen LogP) is 1.52. The Morgan fingerprint density at radius 3 is 3.08 bits per heavy atom. The minimum Gasteiger partial charge on any atom is -0.480 e. The Balaban J connectivity index is 1.51. The van der Waals surface area contributed by atoms with Crippen LogP contribution in [0.5, 0.6) is 5.88 Å². The van der Waals surface area contributed by atoms with Crippen LogP contribution >= 0.6 is 11.3 Å². The molecule has 0 bridgehead atoms. The minimum atomic E-state index is -0.0149. The van der Waals surface area contributed by atoms with Gasteiger partial charge in [0, 0.05) is 43.7 Å². The quantitative estimate of drug-likeness (QED) is 0.853. The average Bonchev–Trinajstić information content (AvgIpc) is 3.15. The third-order valence-corrected chi connectivity index (χ3v) is 4.91. The van der Waals surface area contributed by atoms with Crippen molar-refractivity contribution in [3.05, 3.63) is 28.7 Å². The molecule has 2 aromatic heterocycles. The lowest BCUT2D eigenvalue weighted by atomic mass is 9.97. The van der Waals surface area contributed by atoms with Crippen LogP contribution < -0.4 is 15.0 Å². The Bertz CT molecular complexity index is 647. The number of nitrogens with one attached hydrogen (secondary N) is 1. The van der Waals surface area contributed by atoms with Gasteiger partial charge in [0.2, 0.25) is 11.8 Å². The van der Waals surface area contributed by atoms with Crippen LogP contribution in [0.4, 0.5) is 5.82 Å². The number of hydrogen-bond donors (Lipinski definition) is 1. The van der Waals surface area contributed by atoms with Crippen molar-refractivity contribution < 1.29 is 9.53 Å². The highest BCUT2D eigenvalue weighted by molar-refractivity contribution is 7.09. The van der Waals surface area contributed by atoms with Crippen LogP contribution in [0.1, 0.15) is 17.8 Å². The second kappa shape index (κ2) is 8.05. The summed E-state index contributed by atoms with van der Waals surface area (Å²) in [5.74, 6) is 1.37. The number of thiazole rings is 1. The zero-order valence-electron chi connectivity index (χ0n) is 13.6. The molecule has 0 saturated carbocycles. The summed E-state index contributed by atoms with van der Waals surface area (Å²) in [6.07, 6.45) is 4.45. The monoisotopic (exact) mass is 347 g/mol. The molecule has 24 heavy (non-hydrogen) atoms. The number of piperidine rings is 1. The lowest BCUT2D eigenvalue weighted by molar-refractivity contribution is -0.125. The Labute approximate surface area is 145 Å². The second-order valence-electron chi connectivity index (χ2n) is 5.69. The smallest absolute Gasteiger partial charge is 0.233 e. The molecule has 8 heteroatoms. The maximum atomic E-state index is 12.4. The summed E-state index contributed by atoms with van der Waals surface area (Å²) in [6, 6.07) is 3.68. The first-order chi connectivity index (χ1) is 11.8. The van der Waals surface area contributed by atoms with Gasteiger partial charge in [0.05, 0.1) is 18.0 Å². The standard InChI is InChI=1S/C16H21N5O2S/c1-23-14-5-4-13(19-20-14)21-9-2-3-12(11-21)16(22)18-7-6-15-17-8-10-24-15/h4-5,8,10,12H,2-3,6-7,9,11H2,1H3,(H,18,22)/t12-/m0/s1. The van der Waals surface area contributed by atoms with Gasteiger partial charge in [-0.05, 0) is 18.9 Å². The zero-order chi connectivity index (χ0) is 16.8. The highest BCUT2D eigenvalue weighted by Gasteiger charge is 2.26. The van der Waals surface area contributed by atoms with Gasteiger partial charge in [0.25, 0.3) is 0 Å². The van der Waals surface area contributed by atoms with Crippen molar-refractivity contribution in [1.82, 2.24) is 20.5 Å². The molecule has 1 amide bonds. The van der Waals surface area contributed by atoms with Gasteiger partial charge in [-0.25, -0.2) is 4.98 Å². The van der Waals surface area contributed by atoms with Crippen LogP contribution in [0, 0.1) is 5.92 Å². The van der Waals surface area contributed by atoms with Crippen LogP contribution in [0.25, 0.3) is 0 Å². The van der Waals surface area contributed by atoms with E-state index in [1.54, 1.807) is 30.7 Å². The summed E-state index contributed by atoms with van der Waals surface area (Å²) in [6.45, 7) is 2.19. The highest BCUT2D eigenvalue weighted by Crippen LogP contribution is 2.22. The Hall–Kier alpha value is -2.22.